The number of ketones is 1. The van der Waals surface area contributed by atoms with Crippen LogP contribution in [0.3, 0.4) is 0 Å². The quantitative estimate of drug-likeness (QED) is 0.543. The van der Waals surface area contributed by atoms with Crippen molar-refractivity contribution in [2.45, 2.75) is 6.92 Å². The zero-order valence-electron chi connectivity index (χ0n) is 12.6. The van der Waals surface area contributed by atoms with Crippen molar-refractivity contribution in [1.82, 2.24) is 0 Å². The summed E-state index contributed by atoms with van der Waals surface area (Å²) in [4.78, 5) is 12.9. The predicted octanol–water partition coefficient (Wildman–Crippen LogP) is 4.73. The van der Waals surface area contributed by atoms with Crippen LogP contribution in [0.25, 0.3) is 0 Å². The molecule has 7 heteroatoms. The van der Waals surface area contributed by atoms with Gasteiger partial charge in [0.2, 0.25) is 0 Å². The first-order chi connectivity index (χ1) is 10.9. The Balaban J connectivity index is 2.62. The van der Waals surface area contributed by atoms with Gasteiger partial charge in [0.1, 0.15) is 0 Å². The van der Waals surface area contributed by atoms with E-state index in [1.807, 2.05) is 0 Å². The first-order valence-electron chi connectivity index (χ1n) is 6.83. The molecule has 0 fully saturated rings. The van der Waals surface area contributed by atoms with Gasteiger partial charge < -0.3 is 9.05 Å². The van der Waals surface area contributed by atoms with Gasteiger partial charge in [0.05, 0.1) is 27.5 Å². The van der Waals surface area contributed by atoms with Crippen LogP contribution in [0.15, 0.2) is 42.5 Å². The fourth-order valence-electron chi connectivity index (χ4n) is 2.14. The minimum absolute atomic E-state index is 0.155. The standard InChI is InChI=1S/C16H15Cl2O4P/c1-3-22-23(20,21-2)14-10-5-4-7-11(14)16(19)15-12(17)8-6-9-13(15)18/h4-10H,3H2,1-2H3. The van der Waals surface area contributed by atoms with Crippen molar-refractivity contribution in [3.63, 3.8) is 0 Å². The van der Waals surface area contributed by atoms with Gasteiger partial charge in [-0.1, -0.05) is 47.5 Å². The van der Waals surface area contributed by atoms with Gasteiger partial charge in [-0.05, 0) is 25.1 Å². The highest BCUT2D eigenvalue weighted by atomic mass is 35.5. The highest BCUT2D eigenvalue weighted by molar-refractivity contribution is 7.62. The molecule has 2 rings (SSSR count). The van der Waals surface area contributed by atoms with Crippen molar-refractivity contribution in [2.24, 2.45) is 0 Å². The van der Waals surface area contributed by atoms with Crippen LogP contribution in [0.4, 0.5) is 0 Å². The lowest BCUT2D eigenvalue weighted by molar-refractivity contribution is 0.103. The van der Waals surface area contributed by atoms with Crippen LogP contribution in [-0.2, 0) is 13.6 Å². The maximum atomic E-state index is 12.9. The van der Waals surface area contributed by atoms with E-state index in [9.17, 15) is 9.36 Å². The molecule has 0 saturated carbocycles. The zero-order chi connectivity index (χ0) is 17.0. The number of rotatable bonds is 6. The SMILES string of the molecule is CCOP(=O)(OC)c1ccccc1C(=O)c1c(Cl)cccc1Cl. The second-order valence-electron chi connectivity index (χ2n) is 4.54. The lowest BCUT2D eigenvalue weighted by atomic mass is 10.0. The van der Waals surface area contributed by atoms with Gasteiger partial charge >= 0.3 is 7.60 Å². The summed E-state index contributed by atoms with van der Waals surface area (Å²) in [6, 6.07) is 11.2. The summed E-state index contributed by atoms with van der Waals surface area (Å²) in [6.07, 6.45) is 0. The van der Waals surface area contributed by atoms with Gasteiger partial charge in [0.25, 0.3) is 0 Å². The third-order valence-corrected chi connectivity index (χ3v) is 5.86. The molecule has 2 aromatic rings. The van der Waals surface area contributed by atoms with E-state index in [-0.39, 0.29) is 33.1 Å². The van der Waals surface area contributed by atoms with Gasteiger partial charge in [-0.15, -0.1) is 0 Å². The molecule has 0 bridgehead atoms. The van der Waals surface area contributed by atoms with Crippen molar-refractivity contribution in [2.75, 3.05) is 13.7 Å². The molecular formula is C16H15Cl2O4P. The van der Waals surface area contributed by atoms with E-state index in [2.05, 4.69) is 0 Å². The summed E-state index contributed by atoms with van der Waals surface area (Å²) < 4.78 is 23.2. The topological polar surface area (TPSA) is 52.6 Å². The van der Waals surface area contributed by atoms with Gasteiger partial charge in [-0.3, -0.25) is 9.36 Å². The van der Waals surface area contributed by atoms with Crippen LogP contribution in [0, 0.1) is 0 Å². The van der Waals surface area contributed by atoms with Gasteiger partial charge in [-0.2, -0.15) is 0 Å². The third-order valence-electron chi connectivity index (χ3n) is 3.17. The molecule has 0 aliphatic carbocycles. The summed E-state index contributed by atoms with van der Waals surface area (Å²) in [5.41, 5.74) is 0.337. The van der Waals surface area contributed by atoms with Gasteiger partial charge in [0.15, 0.2) is 5.78 Å². The monoisotopic (exact) mass is 372 g/mol. The molecule has 4 nitrogen and oxygen atoms in total. The molecule has 23 heavy (non-hydrogen) atoms. The third kappa shape index (κ3) is 3.68. The van der Waals surface area contributed by atoms with E-state index in [0.29, 0.717) is 0 Å². The van der Waals surface area contributed by atoms with Crippen LogP contribution in [-0.4, -0.2) is 19.5 Å². The average molecular weight is 373 g/mol. The molecule has 0 heterocycles. The molecule has 0 aliphatic heterocycles. The molecular weight excluding hydrogens is 358 g/mol. The summed E-state index contributed by atoms with van der Waals surface area (Å²) in [6.45, 7) is 1.88. The summed E-state index contributed by atoms with van der Waals surface area (Å²) in [7, 11) is -2.32. The molecule has 1 unspecified atom stereocenters. The molecule has 122 valence electrons. The summed E-state index contributed by atoms with van der Waals surface area (Å²) >= 11 is 12.2. The maximum Gasteiger partial charge on any atom is 0.361 e. The number of benzene rings is 2. The normalized spacial score (nSPS) is 13.6. The summed E-state index contributed by atoms with van der Waals surface area (Å²) in [5.74, 6) is -0.437. The number of carbonyl (C=O) groups excluding carboxylic acids is 1. The van der Waals surface area contributed by atoms with E-state index in [1.165, 1.54) is 13.2 Å². The lowest BCUT2D eigenvalue weighted by Crippen LogP contribution is -2.19. The van der Waals surface area contributed by atoms with Gasteiger partial charge in [0, 0.05) is 12.7 Å². The van der Waals surface area contributed by atoms with Crippen LogP contribution >= 0.6 is 30.8 Å². The van der Waals surface area contributed by atoms with Crippen molar-refractivity contribution in [3.8, 4) is 0 Å². The fourth-order valence-corrected chi connectivity index (χ4v) is 4.23. The Bertz CT molecular complexity index is 756. The molecule has 0 saturated heterocycles. The van der Waals surface area contributed by atoms with Crippen LogP contribution < -0.4 is 5.30 Å². The summed E-state index contributed by atoms with van der Waals surface area (Å²) in [5, 5.41) is 0.632. The van der Waals surface area contributed by atoms with Crippen molar-refractivity contribution >= 4 is 41.9 Å². The van der Waals surface area contributed by atoms with E-state index in [1.54, 1.807) is 43.3 Å². The molecule has 0 aliphatic rings. The Morgan fingerprint density at radius 2 is 1.70 bits per heavy atom. The second kappa shape index (κ2) is 7.61. The van der Waals surface area contributed by atoms with Crippen LogP contribution in [0.5, 0.6) is 0 Å². The number of carbonyl (C=O) groups is 1. The molecule has 0 aromatic heterocycles. The largest absolute Gasteiger partial charge is 0.361 e. The number of halogens is 2. The minimum Gasteiger partial charge on any atom is -0.309 e. The van der Waals surface area contributed by atoms with E-state index < -0.39 is 13.4 Å². The van der Waals surface area contributed by atoms with Crippen molar-refractivity contribution < 1.29 is 18.4 Å². The van der Waals surface area contributed by atoms with Crippen LogP contribution in [0.1, 0.15) is 22.8 Å². The Labute approximate surface area is 144 Å². The van der Waals surface area contributed by atoms with Gasteiger partial charge in [-0.25, -0.2) is 0 Å². The number of hydrogen-bond acceptors (Lipinski definition) is 4. The Morgan fingerprint density at radius 3 is 2.26 bits per heavy atom. The lowest BCUT2D eigenvalue weighted by Gasteiger charge is -2.18. The van der Waals surface area contributed by atoms with E-state index >= 15 is 0 Å². The first-order valence-corrected chi connectivity index (χ1v) is 9.13. The smallest absolute Gasteiger partial charge is 0.309 e. The molecule has 0 amide bonds. The first kappa shape index (κ1) is 18.2. The Kier molecular flexibility index (Phi) is 6.01. The second-order valence-corrected chi connectivity index (χ2v) is 7.46. The van der Waals surface area contributed by atoms with E-state index in [0.717, 1.165) is 0 Å². The predicted molar refractivity (Wildman–Crippen MR) is 92.2 cm³/mol. The maximum absolute atomic E-state index is 12.9. The fraction of sp³-hybridized carbons (Fsp3) is 0.188. The molecule has 2 aromatic carbocycles. The highest BCUT2D eigenvalue weighted by Crippen LogP contribution is 2.47. The molecule has 0 N–H and O–H groups in total. The van der Waals surface area contributed by atoms with Crippen molar-refractivity contribution in [1.29, 1.82) is 0 Å². The molecule has 0 radical (unpaired) electrons. The van der Waals surface area contributed by atoms with Crippen molar-refractivity contribution in [3.05, 3.63) is 63.6 Å². The Morgan fingerprint density at radius 1 is 1.09 bits per heavy atom. The van der Waals surface area contributed by atoms with E-state index in [4.69, 9.17) is 32.2 Å². The average Bonchev–Trinajstić information content (AvgIpc) is 2.54. The van der Waals surface area contributed by atoms with Crippen LogP contribution in [0.2, 0.25) is 10.0 Å². The zero-order valence-corrected chi connectivity index (χ0v) is 15.0. The highest BCUT2D eigenvalue weighted by Gasteiger charge is 2.31. The Hall–Kier alpha value is -1.16. The molecule has 1 atom stereocenters. The minimum atomic E-state index is -3.60. The number of hydrogen-bond donors (Lipinski definition) is 0. The molecule has 0 spiro atoms.